The second-order valence-electron chi connectivity index (χ2n) is 9.48. The van der Waals surface area contributed by atoms with Gasteiger partial charge in [-0.25, -0.2) is 4.98 Å². The molecule has 3 heterocycles. The highest BCUT2D eigenvalue weighted by atomic mass is 15.1. The summed E-state index contributed by atoms with van der Waals surface area (Å²) in [6.07, 6.45) is 3.81. The van der Waals surface area contributed by atoms with E-state index in [1.54, 1.807) is 0 Å². The third-order valence-corrected chi connectivity index (χ3v) is 7.47. The van der Waals surface area contributed by atoms with Gasteiger partial charge in [0.1, 0.15) is 5.82 Å². The fourth-order valence-corrected chi connectivity index (χ4v) is 5.80. The number of rotatable bonds is 2. The normalized spacial score (nSPS) is 11.8. The average Bonchev–Trinajstić information content (AvgIpc) is 3.30. The van der Waals surface area contributed by atoms with Crippen molar-refractivity contribution in [3.63, 3.8) is 0 Å². The molecule has 0 fully saturated rings. The Morgan fingerprint density at radius 2 is 1.08 bits per heavy atom. The fourth-order valence-electron chi connectivity index (χ4n) is 5.80. The van der Waals surface area contributed by atoms with Crippen molar-refractivity contribution in [2.24, 2.45) is 0 Å². The highest BCUT2D eigenvalue weighted by Crippen LogP contribution is 2.40. The molecule has 3 aromatic heterocycles. The second-order valence-corrected chi connectivity index (χ2v) is 9.48. The van der Waals surface area contributed by atoms with Crippen molar-refractivity contribution in [1.82, 2.24) is 14.5 Å². The molecule has 0 saturated carbocycles. The van der Waals surface area contributed by atoms with Gasteiger partial charge in [0.15, 0.2) is 0 Å². The number of hydrogen-bond donors (Lipinski definition) is 0. The maximum absolute atomic E-state index is 4.90. The van der Waals surface area contributed by atoms with E-state index in [1.165, 1.54) is 32.3 Å². The van der Waals surface area contributed by atoms with Gasteiger partial charge >= 0.3 is 0 Å². The van der Waals surface area contributed by atoms with Crippen molar-refractivity contribution in [2.45, 2.75) is 0 Å². The van der Waals surface area contributed by atoms with Crippen LogP contribution in [0.25, 0.3) is 71.2 Å². The van der Waals surface area contributed by atoms with Crippen LogP contribution < -0.4 is 0 Å². The molecule has 0 N–H and O–H groups in total. The summed E-state index contributed by atoms with van der Waals surface area (Å²) in [6, 6.07) is 40.9. The summed E-state index contributed by atoms with van der Waals surface area (Å²) >= 11 is 0. The molecule has 8 aromatic rings. The Kier molecular flexibility index (Phi) is 4.23. The first-order valence-corrected chi connectivity index (χ1v) is 12.5. The number of aromatic nitrogens is 3. The largest absolute Gasteiger partial charge is 0.293 e. The first-order chi connectivity index (χ1) is 18.4. The number of pyridine rings is 2. The molecule has 0 atom stereocenters. The highest BCUT2D eigenvalue weighted by Gasteiger charge is 2.18. The molecule has 0 aliphatic rings. The molecular weight excluding hydrogens is 450 g/mol. The van der Waals surface area contributed by atoms with E-state index in [4.69, 9.17) is 9.97 Å². The lowest BCUT2D eigenvalue weighted by Gasteiger charge is -2.11. The number of nitrogens with zero attached hydrogens (tertiary/aromatic N) is 3. The summed E-state index contributed by atoms with van der Waals surface area (Å²) in [5.74, 6) is 0.949. The van der Waals surface area contributed by atoms with Crippen LogP contribution in [0.2, 0.25) is 0 Å². The second kappa shape index (κ2) is 7.74. The van der Waals surface area contributed by atoms with Gasteiger partial charge < -0.3 is 0 Å². The minimum Gasteiger partial charge on any atom is -0.293 e. The Morgan fingerprint density at radius 1 is 0.459 bits per heavy atom. The van der Waals surface area contributed by atoms with Gasteiger partial charge in [0.25, 0.3) is 0 Å². The Morgan fingerprint density at radius 3 is 1.89 bits per heavy atom. The lowest BCUT2D eigenvalue weighted by molar-refractivity contribution is 1.10. The van der Waals surface area contributed by atoms with E-state index >= 15 is 0 Å². The van der Waals surface area contributed by atoms with Crippen LogP contribution in [-0.4, -0.2) is 14.5 Å². The van der Waals surface area contributed by atoms with E-state index in [-0.39, 0.29) is 0 Å². The maximum Gasteiger partial charge on any atom is 0.145 e. The summed E-state index contributed by atoms with van der Waals surface area (Å²) in [7, 11) is 0. The minimum absolute atomic E-state index is 0.949. The Bertz CT molecular complexity index is 2140. The lowest BCUT2D eigenvalue weighted by atomic mass is 10.00. The van der Waals surface area contributed by atoms with Crippen molar-refractivity contribution in [3.8, 4) is 17.1 Å². The van der Waals surface area contributed by atoms with Gasteiger partial charge in [-0.2, -0.15) is 0 Å². The molecule has 37 heavy (non-hydrogen) atoms. The van der Waals surface area contributed by atoms with E-state index in [0.717, 1.165) is 38.9 Å². The van der Waals surface area contributed by atoms with Crippen LogP contribution in [0.15, 0.2) is 128 Å². The molecule has 172 valence electrons. The summed E-state index contributed by atoms with van der Waals surface area (Å²) in [5, 5.41) is 9.59. The molecule has 0 saturated heterocycles. The van der Waals surface area contributed by atoms with Crippen LogP contribution in [0.5, 0.6) is 0 Å². The smallest absolute Gasteiger partial charge is 0.145 e. The van der Waals surface area contributed by atoms with E-state index in [9.17, 15) is 0 Å². The van der Waals surface area contributed by atoms with Crippen molar-refractivity contribution in [2.75, 3.05) is 0 Å². The summed E-state index contributed by atoms with van der Waals surface area (Å²) in [6.45, 7) is 0. The topological polar surface area (TPSA) is 30.7 Å². The zero-order valence-corrected chi connectivity index (χ0v) is 20.0. The van der Waals surface area contributed by atoms with E-state index in [2.05, 4.69) is 120 Å². The van der Waals surface area contributed by atoms with E-state index in [0.29, 0.717) is 0 Å². The fraction of sp³-hybridized carbons (Fsp3) is 0. The summed E-state index contributed by atoms with van der Waals surface area (Å²) in [5.41, 5.74) is 4.41. The summed E-state index contributed by atoms with van der Waals surface area (Å²) < 4.78 is 2.32. The van der Waals surface area contributed by atoms with Crippen LogP contribution in [0, 0.1) is 0 Å². The Balaban J connectivity index is 1.53. The van der Waals surface area contributed by atoms with Crippen molar-refractivity contribution < 1.29 is 0 Å². The predicted octanol–water partition coefficient (Wildman–Crippen LogP) is 8.70. The van der Waals surface area contributed by atoms with Gasteiger partial charge in [-0.05, 0) is 51.9 Å². The maximum atomic E-state index is 4.90. The molecule has 5 aromatic carbocycles. The molecule has 0 aliphatic carbocycles. The molecule has 0 radical (unpaired) electrons. The SMILES string of the molecule is c1ccc2c(-c3ccc4c(c3)c3c5ccccc5ccc3n4-c3nccc4ccccc34)nccc2c1. The van der Waals surface area contributed by atoms with Crippen LogP contribution in [0.3, 0.4) is 0 Å². The molecule has 3 heteroatoms. The van der Waals surface area contributed by atoms with Gasteiger partial charge in [0.2, 0.25) is 0 Å². The molecule has 3 nitrogen and oxygen atoms in total. The molecule has 0 spiro atoms. The predicted molar refractivity (Wildman–Crippen MR) is 154 cm³/mol. The lowest BCUT2D eigenvalue weighted by Crippen LogP contribution is -1.98. The molecule has 0 aliphatic heterocycles. The highest BCUT2D eigenvalue weighted by molar-refractivity contribution is 6.22. The van der Waals surface area contributed by atoms with Crippen molar-refractivity contribution in [1.29, 1.82) is 0 Å². The Labute approximate surface area is 213 Å². The average molecular weight is 472 g/mol. The first-order valence-electron chi connectivity index (χ1n) is 12.5. The molecule has 0 amide bonds. The van der Waals surface area contributed by atoms with Gasteiger partial charge in [0.05, 0.1) is 16.7 Å². The third-order valence-electron chi connectivity index (χ3n) is 7.47. The van der Waals surface area contributed by atoms with E-state index in [1.807, 2.05) is 12.4 Å². The van der Waals surface area contributed by atoms with E-state index < -0.39 is 0 Å². The monoisotopic (exact) mass is 471 g/mol. The van der Waals surface area contributed by atoms with Crippen molar-refractivity contribution >= 4 is 54.1 Å². The molecular formula is C34H21N3. The number of hydrogen-bond acceptors (Lipinski definition) is 2. The number of benzene rings is 5. The standard InChI is InChI=1S/C34H21N3/c1-4-10-26-22(7-1)13-16-31-32(26)29-21-25(33-27-11-5-2-8-23(27)17-19-35-33)14-15-30(29)37(31)34-28-12-6-3-9-24(28)18-20-36-34/h1-21H. The van der Waals surface area contributed by atoms with Crippen LogP contribution >= 0.6 is 0 Å². The van der Waals surface area contributed by atoms with Gasteiger partial charge in [-0.3, -0.25) is 9.55 Å². The van der Waals surface area contributed by atoms with Crippen molar-refractivity contribution in [3.05, 3.63) is 128 Å². The van der Waals surface area contributed by atoms with Crippen LogP contribution in [0.4, 0.5) is 0 Å². The molecule has 8 rings (SSSR count). The summed E-state index contributed by atoms with van der Waals surface area (Å²) in [4.78, 5) is 9.71. The third kappa shape index (κ3) is 2.95. The minimum atomic E-state index is 0.949. The van der Waals surface area contributed by atoms with Gasteiger partial charge in [-0.1, -0.05) is 84.9 Å². The zero-order chi connectivity index (χ0) is 24.3. The first kappa shape index (κ1) is 20.2. The molecule has 0 unspecified atom stereocenters. The van der Waals surface area contributed by atoms with Crippen LogP contribution in [-0.2, 0) is 0 Å². The van der Waals surface area contributed by atoms with Gasteiger partial charge in [-0.15, -0.1) is 0 Å². The van der Waals surface area contributed by atoms with Crippen LogP contribution in [0.1, 0.15) is 0 Å². The number of fused-ring (bicyclic) bond motifs is 7. The quantitative estimate of drug-likeness (QED) is 0.252. The van der Waals surface area contributed by atoms with Gasteiger partial charge in [0, 0.05) is 39.5 Å². The molecule has 0 bridgehead atoms. The zero-order valence-electron chi connectivity index (χ0n) is 20.0. The Hall–Kier alpha value is -5.02.